The molecule has 1 rings (SSSR count). The Labute approximate surface area is 105 Å². The molecule has 0 radical (unpaired) electrons. The van der Waals surface area contributed by atoms with Crippen molar-refractivity contribution in [2.75, 3.05) is 6.54 Å². The van der Waals surface area contributed by atoms with Gasteiger partial charge in [-0.3, -0.25) is 0 Å². The van der Waals surface area contributed by atoms with Crippen LogP contribution in [-0.2, 0) is 0 Å². The number of hydrogen-bond acceptors (Lipinski definition) is 2. The molecule has 0 amide bonds. The van der Waals surface area contributed by atoms with E-state index >= 15 is 0 Å². The summed E-state index contributed by atoms with van der Waals surface area (Å²) in [5, 5.41) is 3.60. The van der Waals surface area contributed by atoms with E-state index in [1.165, 1.54) is 21.5 Å². The van der Waals surface area contributed by atoms with E-state index in [2.05, 4.69) is 54.2 Å². The molecule has 0 saturated heterocycles. The molecule has 1 N–H and O–H groups in total. The molecule has 0 saturated carbocycles. The predicted octanol–water partition coefficient (Wildman–Crippen LogP) is 4.60. The SMILES string of the molecule is CCNC(c1ccc(Br)s1)C(CC)CC. The van der Waals surface area contributed by atoms with Gasteiger partial charge in [-0.2, -0.15) is 0 Å². The number of rotatable bonds is 6. The van der Waals surface area contributed by atoms with Gasteiger partial charge in [0.15, 0.2) is 0 Å². The Bertz CT molecular complexity index is 281. The van der Waals surface area contributed by atoms with Crippen molar-refractivity contribution in [2.45, 2.75) is 39.7 Å². The molecule has 0 fully saturated rings. The third kappa shape index (κ3) is 3.58. The molecular formula is C12H20BrNS. The minimum atomic E-state index is 0.529. The molecule has 0 aliphatic heterocycles. The first-order valence-electron chi connectivity index (χ1n) is 5.71. The van der Waals surface area contributed by atoms with Crippen LogP contribution in [0.15, 0.2) is 15.9 Å². The van der Waals surface area contributed by atoms with Gasteiger partial charge in [0.05, 0.1) is 3.79 Å². The van der Waals surface area contributed by atoms with Crippen LogP contribution in [0.4, 0.5) is 0 Å². The second-order valence-electron chi connectivity index (χ2n) is 3.75. The first-order chi connectivity index (χ1) is 7.22. The summed E-state index contributed by atoms with van der Waals surface area (Å²) >= 11 is 5.38. The van der Waals surface area contributed by atoms with E-state index in [1.54, 1.807) is 0 Å². The summed E-state index contributed by atoms with van der Waals surface area (Å²) in [6, 6.07) is 4.91. The predicted molar refractivity (Wildman–Crippen MR) is 72.5 cm³/mol. The van der Waals surface area contributed by atoms with Crippen LogP contribution in [0.3, 0.4) is 0 Å². The third-order valence-corrected chi connectivity index (χ3v) is 4.55. The quantitative estimate of drug-likeness (QED) is 0.807. The van der Waals surface area contributed by atoms with Crippen molar-refractivity contribution >= 4 is 27.3 Å². The fourth-order valence-electron chi connectivity index (χ4n) is 1.97. The van der Waals surface area contributed by atoms with Gasteiger partial charge in [-0.15, -0.1) is 11.3 Å². The molecule has 1 heterocycles. The third-order valence-electron chi connectivity index (χ3n) is 2.84. The van der Waals surface area contributed by atoms with Crippen LogP contribution in [0.2, 0.25) is 0 Å². The van der Waals surface area contributed by atoms with Gasteiger partial charge < -0.3 is 5.32 Å². The fraction of sp³-hybridized carbons (Fsp3) is 0.667. The molecule has 0 aliphatic rings. The largest absolute Gasteiger partial charge is 0.309 e. The highest BCUT2D eigenvalue weighted by atomic mass is 79.9. The Morgan fingerprint density at radius 3 is 2.33 bits per heavy atom. The smallest absolute Gasteiger partial charge is 0.0701 e. The Kier molecular flexibility index (Phi) is 5.87. The lowest BCUT2D eigenvalue weighted by atomic mass is 9.93. The summed E-state index contributed by atoms with van der Waals surface area (Å²) in [4.78, 5) is 1.46. The Morgan fingerprint density at radius 1 is 1.27 bits per heavy atom. The molecule has 0 aromatic carbocycles. The molecule has 0 aliphatic carbocycles. The summed E-state index contributed by atoms with van der Waals surface area (Å²) in [5.41, 5.74) is 0. The highest BCUT2D eigenvalue weighted by molar-refractivity contribution is 9.11. The molecule has 0 bridgehead atoms. The number of nitrogens with one attached hydrogen (secondary N) is 1. The summed E-state index contributed by atoms with van der Waals surface area (Å²) in [5.74, 6) is 0.746. The van der Waals surface area contributed by atoms with Crippen molar-refractivity contribution in [1.29, 1.82) is 0 Å². The average molecular weight is 290 g/mol. The molecule has 0 spiro atoms. The monoisotopic (exact) mass is 289 g/mol. The molecular weight excluding hydrogens is 270 g/mol. The average Bonchev–Trinajstić information content (AvgIpc) is 2.65. The minimum absolute atomic E-state index is 0.529. The van der Waals surface area contributed by atoms with Crippen LogP contribution >= 0.6 is 27.3 Å². The Balaban J connectivity index is 2.81. The normalized spacial score (nSPS) is 13.4. The van der Waals surface area contributed by atoms with E-state index in [4.69, 9.17) is 0 Å². The lowest BCUT2D eigenvalue weighted by molar-refractivity contribution is 0.351. The maximum Gasteiger partial charge on any atom is 0.0701 e. The summed E-state index contributed by atoms with van der Waals surface area (Å²) in [6.45, 7) is 7.77. The van der Waals surface area contributed by atoms with E-state index in [9.17, 15) is 0 Å². The van der Waals surface area contributed by atoms with Gasteiger partial charge in [-0.1, -0.05) is 33.6 Å². The zero-order chi connectivity index (χ0) is 11.3. The van der Waals surface area contributed by atoms with Crippen LogP contribution in [-0.4, -0.2) is 6.54 Å². The van der Waals surface area contributed by atoms with Crippen LogP contribution in [0.25, 0.3) is 0 Å². The van der Waals surface area contributed by atoms with Crippen molar-refractivity contribution in [3.8, 4) is 0 Å². The molecule has 1 atom stereocenters. The van der Waals surface area contributed by atoms with Crippen molar-refractivity contribution in [2.24, 2.45) is 5.92 Å². The van der Waals surface area contributed by atoms with Crippen LogP contribution < -0.4 is 5.32 Å². The summed E-state index contributed by atoms with van der Waals surface area (Å²) in [6.07, 6.45) is 2.48. The molecule has 1 unspecified atom stereocenters. The topological polar surface area (TPSA) is 12.0 Å². The number of thiophene rings is 1. The van der Waals surface area contributed by atoms with Crippen molar-refractivity contribution in [3.05, 3.63) is 20.8 Å². The first-order valence-corrected chi connectivity index (χ1v) is 7.32. The lowest BCUT2D eigenvalue weighted by Gasteiger charge is -2.25. The van der Waals surface area contributed by atoms with E-state index in [0.29, 0.717) is 6.04 Å². The van der Waals surface area contributed by atoms with E-state index < -0.39 is 0 Å². The van der Waals surface area contributed by atoms with E-state index in [-0.39, 0.29) is 0 Å². The van der Waals surface area contributed by atoms with Crippen molar-refractivity contribution < 1.29 is 0 Å². The fourth-order valence-corrected chi connectivity index (χ4v) is 3.57. The van der Waals surface area contributed by atoms with E-state index in [1.807, 2.05) is 11.3 Å². The van der Waals surface area contributed by atoms with Gasteiger partial charge in [-0.05, 0) is 40.5 Å². The van der Waals surface area contributed by atoms with Crippen LogP contribution in [0, 0.1) is 5.92 Å². The molecule has 86 valence electrons. The van der Waals surface area contributed by atoms with Gasteiger partial charge in [0.25, 0.3) is 0 Å². The highest BCUT2D eigenvalue weighted by Gasteiger charge is 2.20. The maximum absolute atomic E-state index is 3.60. The van der Waals surface area contributed by atoms with Gasteiger partial charge in [0.1, 0.15) is 0 Å². The second kappa shape index (κ2) is 6.66. The number of hydrogen-bond donors (Lipinski definition) is 1. The zero-order valence-electron chi connectivity index (χ0n) is 9.72. The minimum Gasteiger partial charge on any atom is -0.309 e. The van der Waals surface area contributed by atoms with Gasteiger partial charge >= 0.3 is 0 Å². The van der Waals surface area contributed by atoms with Gasteiger partial charge in [-0.25, -0.2) is 0 Å². The molecule has 1 aromatic rings. The Morgan fingerprint density at radius 2 is 1.93 bits per heavy atom. The lowest BCUT2D eigenvalue weighted by Crippen LogP contribution is -2.26. The van der Waals surface area contributed by atoms with Crippen LogP contribution in [0.1, 0.15) is 44.5 Å². The summed E-state index contributed by atoms with van der Waals surface area (Å²) < 4.78 is 1.23. The van der Waals surface area contributed by atoms with Crippen LogP contribution in [0.5, 0.6) is 0 Å². The van der Waals surface area contributed by atoms with Crippen molar-refractivity contribution in [3.63, 3.8) is 0 Å². The molecule has 1 nitrogen and oxygen atoms in total. The molecule has 3 heteroatoms. The molecule has 15 heavy (non-hydrogen) atoms. The van der Waals surface area contributed by atoms with E-state index in [0.717, 1.165) is 12.5 Å². The number of halogens is 1. The molecule has 1 aromatic heterocycles. The van der Waals surface area contributed by atoms with Crippen molar-refractivity contribution in [1.82, 2.24) is 5.32 Å². The maximum atomic E-state index is 3.60. The first kappa shape index (κ1) is 13.2. The zero-order valence-corrected chi connectivity index (χ0v) is 12.1. The highest BCUT2D eigenvalue weighted by Crippen LogP contribution is 2.33. The van der Waals surface area contributed by atoms with Gasteiger partial charge in [0.2, 0.25) is 0 Å². The standard InChI is InChI=1S/C12H20BrNS/c1-4-9(5-2)12(14-6-3)10-7-8-11(13)15-10/h7-9,12,14H,4-6H2,1-3H3. The van der Waals surface area contributed by atoms with Gasteiger partial charge in [0, 0.05) is 10.9 Å². The summed E-state index contributed by atoms with van der Waals surface area (Å²) in [7, 11) is 0. The Hall–Kier alpha value is 0.140. The second-order valence-corrected chi connectivity index (χ2v) is 6.25.